The first-order valence-electron chi connectivity index (χ1n) is 4.71. The van der Waals surface area contributed by atoms with Crippen molar-refractivity contribution in [2.45, 2.75) is 12.2 Å². The first kappa shape index (κ1) is 13.4. The van der Waals surface area contributed by atoms with Gasteiger partial charge in [-0.2, -0.15) is 13.2 Å². The number of alkyl halides is 3. The Hall–Kier alpha value is -1.63. The molecule has 0 heterocycles. The van der Waals surface area contributed by atoms with E-state index < -0.39 is 17.1 Å². The zero-order valence-corrected chi connectivity index (χ0v) is 9.23. The van der Waals surface area contributed by atoms with Crippen molar-refractivity contribution < 1.29 is 18.1 Å². The van der Waals surface area contributed by atoms with Crippen LogP contribution in [0.15, 0.2) is 24.3 Å². The van der Waals surface area contributed by atoms with E-state index in [1.807, 2.05) is 0 Å². The van der Waals surface area contributed by atoms with Crippen LogP contribution in [0.5, 0.6) is 0 Å². The number of non-ortho nitro benzene ring substituents is 1. The fraction of sp³-hybridized carbons (Fsp3) is 0.400. The van der Waals surface area contributed by atoms with E-state index >= 15 is 0 Å². The van der Waals surface area contributed by atoms with Gasteiger partial charge in [-0.1, -0.05) is 12.1 Å². The van der Waals surface area contributed by atoms with Crippen LogP contribution in [0.1, 0.15) is 11.6 Å². The summed E-state index contributed by atoms with van der Waals surface area (Å²) in [5.74, 6) is 0. The summed E-state index contributed by atoms with van der Waals surface area (Å²) in [6, 6.07) is 2.73. The number of nitrogens with zero attached hydrogens (tertiary/aromatic N) is 2. The number of hydrogen-bond acceptors (Lipinski definition) is 3. The summed E-state index contributed by atoms with van der Waals surface area (Å²) in [5.41, 5.74) is -0.490. The Morgan fingerprint density at radius 1 is 1.35 bits per heavy atom. The maximum absolute atomic E-state index is 12.8. The minimum atomic E-state index is -4.47. The Bertz CT molecular complexity index is 418. The highest BCUT2D eigenvalue weighted by atomic mass is 19.4. The second-order valence-electron chi connectivity index (χ2n) is 3.76. The van der Waals surface area contributed by atoms with Crippen LogP contribution in [0.3, 0.4) is 0 Å². The Kier molecular flexibility index (Phi) is 3.72. The van der Waals surface area contributed by atoms with Gasteiger partial charge in [0.2, 0.25) is 0 Å². The van der Waals surface area contributed by atoms with Crippen LogP contribution >= 0.6 is 0 Å². The molecule has 0 saturated heterocycles. The molecular formula is C10H11F3N2O2. The number of hydrogen-bond donors (Lipinski definition) is 0. The molecule has 0 aliphatic carbocycles. The third-order valence-electron chi connectivity index (χ3n) is 2.22. The van der Waals surface area contributed by atoms with Crippen LogP contribution in [0, 0.1) is 10.1 Å². The predicted molar refractivity (Wildman–Crippen MR) is 55.6 cm³/mol. The molecule has 1 unspecified atom stereocenters. The molecule has 17 heavy (non-hydrogen) atoms. The van der Waals surface area contributed by atoms with E-state index in [1.165, 1.54) is 26.2 Å². The normalized spacial score (nSPS) is 13.8. The number of halogens is 3. The third kappa shape index (κ3) is 3.16. The van der Waals surface area contributed by atoms with E-state index in [-0.39, 0.29) is 11.3 Å². The van der Waals surface area contributed by atoms with Gasteiger partial charge < -0.3 is 0 Å². The van der Waals surface area contributed by atoms with Crippen molar-refractivity contribution in [3.05, 3.63) is 39.9 Å². The molecule has 0 spiro atoms. The molecule has 0 amide bonds. The zero-order valence-electron chi connectivity index (χ0n) is 9.23. The van der Waals surface area contributed by atoms with Gasteiger partial charge >= 0.3 is 6.18 Å². The lowest BCUT2D eigenvalue weighted by Crippen LogP contribution is -2.33. The van der Waals surface area contributed by atoms with Crippen molar-refractivity contribution in [3.8, 4) is 0 Å². The molecule has 4 nitrogen and oxygen atoms in total. The number of benzene rings is 1. The molecule has 1 aromatic carbocycles. The van der Waals surface area contributed by atoms with Crippen LogP contribution in [0.25, 0.3) is 0 Å². The van der Waals surface area contributed by atoms with E-state index in [0.717, 1.165) is 17.0 Å². The number of nitro benzene ring substituents is 1. The van der Waals surface area contributed by atoms with Crippen LogP contribution in [0.4, 0.5) is 18.9 Å². The summed E-state index contributed by atoms with van der Waals surface area (Å²) in [6.45, 7) is 0. The third-order valence-corrected chi connectivity index (χ3v) is 2.22. The van der Waals surface area contributed by atoms with Crippen molar-refractivity contribution in [1.29, 1.82) is 0 Å². The maximum atomic E-state index is 12.8. The molecule has 0 aliphatic rings. The minimum absolute atomic E-state index is 0.142. The summed E-state index contributed by atoms with van der Waals surface area (Å²) in [4.78, 5) is 10.8. The van der Waals surface area contributed by atoms with Gasteiger partial charge in [-0.15, -0.1) is 0 Å². The highest BCUT2D eigenvalue weighted by molar-refractivity contribution is 5.36. The minimum Gasteiger partial charge on any atom is -0.295 e. The van der Waals surface area contributed by atoms with Crippen molar-refractivity contribution in [3.63, 3.8) is 0 Å². The second-order valence-corrected chi connectivity index (χ2v) is 3.76. The fourth-order valence-electron chi connectivity index (χ4n) is 1.59. The second kappa shape index (κ2) is 4.70. The summed E-state index contributed by atoms with van der Waals surface area (Å²) in [7, 11) is 2.55. The molecule has 0 aromatic heterocycles. The van der Waals surface area contributed by atoms with E-state index in [9.17, 15) is 23.3 Å². The maximum Gasteiger partial charge on any atom is 0.408 e. The van der Waals surface area contributed by atoms with Crippen LogP contribution in [-0.2, 0) is 0 Å². The topological polar surface area (TPSA) is 46.4 Å². The number of nitro groups is 1. The van der Waals surface area contributed by atoms with Gasteiger partial charge in [-0.05, 0) is 19.7 Å². The van der Waals surface area contributed by atoms with Gasteiger partial charge in [0, 0.05) is 12.1 Å². The highest BCUT2D eigenvalue weighted by Gasteiger charge is 2.42. The Morgan fingerprint density at radius 3 is 2.35 bits per heavy atom. The molecule has 1 rings (SSSR count). The van der Waals surface area contributed by atoms with Gasteiger partial charge in [-0.3, -0.25) is 15.0 Å². The standard InChI is InChI=1S/C10H11F3N2O2/c1-14(2)9(10(11,12)13)7-4-3-5-8(6-7)15(16)17/h3-6,9H,1-2H3. The lowest BCUT2D eigenvalue weighted by molar-refractivity contribution is -0.385. The molecule has 94 valence electrons. The molecule has 0 bridgehead atoms. The van der Waals surface area contributed by atoms with Crippen LogP contribution < -0.4 is 0 Å². The van der Waals surface area contributed by atoms with Crippen LogP contribution in [-0.4, -0.2) is 30.1 Å². The largest absolute Gasteiger partial charge is 0.408 e. The van der Waals surface area contributed by atoms with Crippen LogP contribution in [0.2, 0.25) is 0 Å². The quantitative estimate of drug-likeness (QED) is 0.610. The van der Waals surface area contributed by atoms with Crippen molar-refractivity contribution in [2.24, 2.45) is 0 Å². The highest BCUT2D eigenvalue weighted by Crippen LogP contribution is 2.37. The number of rotatable bonds is 3. The van der Waals surface area contributed by atoms with E-state index in [2.05, 4.69) is 0 Å². The first-order valence-corrected chi connectivity index (χ1v) is 4.71. The molecule has 0 N–H and O–H groups in total. The van der Waals surface area contributed by atoms with Gasteiger partial charge in [0.1, 0.15) is 6.04 Å². The smallest absolute Gasteiger partial charge is 0.295 e. The zero-order chi connectivity index (χ0) is 13.2. The molecule has 1 atom stereocenters. The molecule has 0 aliphatic heterocycles. The molecule has 1 aromatic rings. The molecule has 7 heteroatoms. The Morgan fingerprint density at radius 2 is 1.94 bits per heavy atom. The van der Waals surface area contributed by atoms with Gasteiger partial charge in [0.05, 0.1) is 4.92 Å². The van der Waals surface area contributed by atoms with Gasteiger partial charge in [-0.25, -0.2) is 0 Å². The first-order chi connectivity index (χ1) is 7.73. The van der Waals surface area contributed by atoms with E-state index in [4.69, 9.17) is 0 Å². The predicted octanol–water partition coefficient (Wildman–Crippen LogP) is 2.76. The summed E-state index contributed by atoms with van der Waals surface area (Å²) in [5, 5.41) is 10.5. The Labute approximate surface area is 95.8 Å². The average Bonchev–Trinajstić information content (AvgIpc) is 2.15. The molecule has 0 saturated carbocycles. The average molecular weight is 248 g/mol. The lowest BCUT2D eigenvalue weighted by Gasteiger charge is -2.26. The lowest BCUT2D eigenvalue weighted by atomic mass is 10.1. The molecular weight excluding hydrogens is 237 g/mol. The SMILES string of the molecule is CN(C)C(c1cccc([N+](=O)[O-])c1)C(F)(F)F. The van der Waals surface area contributed by atoms with Crippen molar-refractivity contribution in [2.75, 3.05) is 14.1 Å². The van der Waals surface area contributed by atoms with Gasteiger partial charge in [0.25, 0.3) is 5.69 Å². The van der Waals surface area contributed by atoms with Gasteiger partial charge in [0.15, 0.2) is 0 Å². The summed E-state index contributed by atoms with van der Waals surface area (Å²) >= 11 is 0. The summed E-state index contributed by atoms with van der Waals surface area (Å²) < 4.78 is 38.3. The Balaban J connectivity index is 3.20. The van der Waals surface area contributed by atoms with E-state index in [1.54, 1.807) is 0 Å². The van der Waals surface area contributed by atoms with Crippen molar-refractivity contribution >= 4 is 5.69 Å². The molecule has 0 fully saturated rings. The fourth-order valence-corrected chi connectivity index (χ4v) is 1.59. The monoisotopic (exact) mass is 248 g/mol. The summed E-state index contributed by atoms with van der Waals surface area (Å²) in [6.07, 6.45) is -4.47. The van der Waals surface area contributed by atoms with Crippen molar-refractivity contribution in [1.82, 2.24) is 4.90 Å². The van der Waals surface area contributed by atoms with E-state index in [0.29, 0.717) is 0 Å². The molecule has 0 radical (unpaired) electrons.